The molecule has 78 valence electrons. The van der Waals surface area contributed by atoms with Crippen LogP contribution in [0.4, 0.5) is 0 Å². The van der Waals surface area contributed by atoms with Crippen molar-refractivity contribution >= 4 is 5.78 Å². The molecule has 0 amide bonds. The lowest BCUT2D eigenvalue weighted by Crippen LogP contribution is -2.79. The van der Waals surface area contributed by atoms with Gasteiger partial charge in [0.25, 0.3) is 0 Å². The number of quaternary nitrogens is 1. The maximum absolute atomic E-state index is 11.3. The summed E-state index contributed by atoms with van der Waals surface area (Å²) in [6.07, 6.45) is 0. The van der Waals surface area contributed by atoms with Crippen LogP contribution in [0.25, 0.3) is 0 Å². The summed E-state index contributed by atoms with van der Waals surface area (Å²) in [5.41, 5.74) is 0. The zero-order chi connectivity index (χ0) is 9.76. The number of carbonyl (C=O) groups is 1. The van der Waals surface area contributed by atoms with E-state index in [-0.39, 0.29) is 0 Å². The maximum Gasteiger partial charge on any atom is 0.183 e. The molecule has 0 radical (unpaired) electrons. The molecule has 0 N–H and O–H groups in total. The quantitative estimate of drug-likeness (QED) is 0.535. The summed E-state index contributed by atoms with van der Waals surface area (Å²) in [6.45, 7) is 8.86. The fraction of sp³-hybridized carbons (Fsp3) is 0.889. The lowest BCUT2D eigenvalue weighted by atomic mass is 10.2. The summed E-state index contributed by atoms with van der Waals surface area (Å²) in [4.78, 5) is 18.5. The van der Waals surface area contributed by atoms with Crippen LogP contribution in [-0.2, 0) is 4.79 Å². The fourth-order valence-electron chi connectivity index (χ4n) is 3.28. The summed E-state index contributed by atoms with van der Waals surface area (Å²) < 4.78 is 0.940. The highest BCUT2D eigenvalue weighted by Crippen LogP contribution is 2.28. The zero-order valence-electron chi connectivity index (χ0n) is 8.65. The number of carbonyl (C=O) groups excluding carboxylic acids is 1. The van der Waals surface area contributed by atoms with Gasteiger partial charge in [0.15, 0.2) is 5.78 Å². The SMILES string of the molecule is CC(=O)C[N+]12CN3CN(CN(C3)C1)C2. The largest absolute Gasteiger partial charge is 0.294 e. The molecule has 4 heterocycles. The van der Waals surface area contributed by atoms with Crippen molar-refractivity contribution in [3.63, 3.8) is 0 Å². The van der Waals surface area contributed by atoms with Gasteiger partial charge in [0.2, 0.25) is 0 Å². The Labute approximate surface area is 84.1 Å². The predicted molar refractivity (Wildman–Crippen MR) is 50.5 cm³/mol. The Morgan fingerprint density at radius 1 is 1.07 bits per heavy atom. The van der Waals surface area contributed by atoms with Crippen LogP contribution in [0.15, 0.2) is 0 Å². The number of hydrogen-bond acceptors (Lipinski definition) is 4. The first-order valence-corrected chi connectivity index (χ1v) is 5.17. The van der Waals surface area contributed by atoms with Gasteiger partial charge in [0, 0.05) is 6.92 Å². The first-order chi connectivity index (χ1) is 6.65. The molecule has 5 nitrogen and oxygen atoms in total. The molecule has 14 heavy (non-hydrogen) atoms. The number of rotatable bonds is 2. The first-order valence-electron chi connectivity index (χ1n) is 5.17. The van der Waals surface area contributed by atoms with Crippen LogP contribution < -0.4 is 0 Å². The molecular weight excluding hydrogens is 180 g/mol. The van der Waals surface area contributed by atoms with E-state index in [0.29, 0.717) is 12.3 Å². The molecule has 0 unspecified atom stereocenters. The highest BCUT2D eigenvalue weighted by atomic mass is 16.1. The Morgan fingerprint density at radius 2 is 1.50 bits per heavy atom. The van der Waals surface area contributed by atoms with E-state index in [1.165, 1.54) is 0 Å². The van der Waals surface area contributed by atoms with Gasteiger partial charge >= 0.3 is 0 Å². The predicted octanol–water partition coefficient (Wildman–Crippen LogP) is -0.916. The summed E-state index contributed by atoms with van der Waals surface area (Å²) in [5.74, 6) is 0.315. The molecule has 0 atom stereocenters. The van der Waals surface area contributed by atoms with Crippen LogP contribution in [-0.4, -0.2) is 71.5 Å². The molecule has 0 aromatic rings. The topological polar surface area (TPSA) is 26.8 Å². The van der Waals surface area contributed by atoms with E-state index < -0.39 is 0 Å². The molecule has 4 rings (SSSR count). The first kappa shape index (κ1) is 8.79. The minimum absolute atomic E-state index is 0.315. The van der Waals surface area contributed by atoms with Gasteiger partial charge in [-0.1, -0.05) is 0 Å². The second-order valence-electron chi connectivity index (χ2n) is 5.06. The second-order valence-corrected chi connectivity index (χ2v) is 5.06. The minimum atomic E-state index is 0.315. The van der Waals surface area contributed by atoms with Crippen LogP contribution in [0.5, 0.6) is 0 Å². The third-order valence-corrected chi connectivity index (χ3v) is 3.26. The third kappa shape index (κ3) is 1.28. The number of hydrogen-bond donors (Lipinski definition) is 0. The molecule has 5 heteroatoms. The molecule has 0 spiro atoms. The van der Waals surface area contributed by atoms with Gasteiger partial charge in [0.1, 0.15) is 26.6 Å². The average Bonchev–Trinajstić information content (AvgIpc) is 1.96. The van der Waals surface area contributed by atoms with E-state index >= 15 is 0 Å². The molecular formula is C9H17N4O+. The second kappa shape index (κ2) is 2.76. The van der Waals surface area contributed by atoms with Crippen molar-refractivity contribution in [1.82, 2.24) is 14.7 Å². The minimum Gasteiger partial charge on any atom is -0.294 e. The highest BCUT2D eigenvalue weighted by molar-refractivity contribution is 5.76. The van der Waals surface area contributed by atoms with Crippen molar-refractivity contribution in [3.05, 3.63) is 0 Å². The number of nitrogens with zero attached hydrogens (tertiary/aromatic N) is 4. The van der Waals surface area contributed by atoms with Gasteiger partial charge in [-0.05, 0) is 0 Å². The Balaban J connectivity index is 1.83. The monoisotopic (exact) mass is 197 g/mol. The van der Waals surface area contributed by atoms with E-state index in [1.807, 2.05) is 0 Å². The van der Waals surface area contributed by atoms with Crippen molar-refractivity contribution in [2.24, 2.45) is 0 Å². The summed E-state index contributed by atoms with van der Waals surface area (Å²) in [7, 11) is 0. The lowest BCUT2D eigenvalue weighted by molar-refractivity contribution is -0.973. The molecule has 4 fully saturated rings. The van der Waals surface area contributed by atoms with E-state index in [1.54, 1.807) is 6.92 Å². The molecule has 4 bridgehead atoms. The average molecular weight is 197 g/mol. The zero-order valence-corrected chi connectivity index (χ0v) is 8.65. The molecule has 4 aliphatic rings. The summed E-state index contributed by atoms with van der Waals surface area (Å²) in [6, 6.07) is 0. The van der Waals surface area contributed by atoms with Crippen LogP contribution >= 0.6 is 0 Å². The van der Waals surface area contributed by atoms with E-state index in [9.17, 15) is 4.79 Å². The van der Waals surface area contributed by atoms with E-state index in [0.717, 1.165) is 44.5 Å². The van der Waals surface area contributed by atoms with Gasteiger partial charge in [-0.3, -0.25) is 9.28 Å². The Morgan fingerprint density at radius 3 is 1.86 bits per heavy atom. The van der Waals surface area contributed by atoms with Crippen molar-refractivity contribution in [1.29, 1.82) is 0 Å². The molecule has 0 aliphatic carbocycles. The Kier molecular flexibility index (Phi) is 1.73. The van der Waals surface area contributed by atoms with Crippen molar-refractivity contribution in [2.75, 3.05) is 46.6 Å². The van der Waals surface area contributed by atoms with Gasteiger partial charge < -0.3 is 0 Å². The third-order valence-electron chi connectivity index (χ3n) is 3.26. The van der Waals surface area contributed by atoms with E-state index in [2.05, 4.69) is 14.7 Å². The van der Waals surface area contributed by atoms with Gasteiger partial charge in [-0.25, -0.2) is 14.7 Å². The molecule has 0 saturated carbocycles. The summed E-state index contributed by atoms with van der Waals surface area (Å²) in [5, 5.41) is 0. The molecule has 4 aliphatic heterocycles. The smallest absolute Gasteiger partial charge is 0.183 e. The van der Waals surface area contributed by atoms with Crippen LogP contribution in [0.2, 0.25) is 0 Å². The molecule has 0 aromatic heterocycles. The van der Waals surface area contributed by atoms with Gasteiger partial charge in [-0.15, -0.1) is 0 Å². The lowest BCUT2D eigenvalue weighted by Gasteiger charge is -2.60. The van der Waals surface area contributed by atoms with Crippen molar-refractivity contribution < 1.29 is 9.28 Å². The van der Waals surface area contributed by atoms with Crippen molar-refractivity contribution in [3.8, 4) is 0 Å². The standard InChI is InChI=1S/C9H17N4O/c1-9(14)2-13-6-10-3-11(7-13)5-12(4-10)8-13/h2-8H2,1H3/q+1. The van der Waals surface area contributed by atoms with Crippen LogP contribution in [0.3, 0.4) is 0 Å². The van der Waals surface area contributed by atoms with Gasteiger partial charge in [0.05, 0.1) is 20.0 Å². The highest BCUT2D eigenvalue weighted by Gasteiger charge is 2.48. The molecule has 0 aromatic carbocycles. The van der Waals surface area contributed by atoms with Gasteiger partial charge in [-0.2, -0.15) is 0 Å². The van der Waals surface area contributed by atoms with Crippen LogP contribution in [0.1, 0.15) is 6.92 Å². The Bertz CT molecular complexity index is 243. The fourth-order valence-corrected chi connectivity index (χ4v) is 3.28. The van der Waals surface area contributed by atoms with Crippen molar-refractivity contribution in [2.45, 2.75) is 6.92 Å². The summed E-state index contributed by atoms with van der Waals surface area (Å²) >= 11 is 0. The Hall–Kier alpha value is -0.490. The molecule has 4 saturated heterocycles. The van der Waals surface area contributed by atoms with E-state index in [4.69, 9.17) is 0 Å². The van der Waals surface area contributed by atoms with Crippen LogP contribution in [0, 0.1) is 0 Å². The maximum atomic E-state index is 11.3. The normalized spacial score (nSPS) is 49.6. The number of ketones is 1. The number of Topliss-reactive ketones (excluding diaryl/α,β-unsaturated/α-hetero) is 1.